The van der Waals surface area contributed by atoms with Crippen molar-refractivity contribution in [1.29, 1.82) is 5.26 Å². The molecule has 1 rings (SSSR count). The molecule has 0 fully saturated rings. The first kappa shape index (κ1) is 10.5. The molecule has 1 atom stereocenters. The summed E-state index contributed by atoms with van der Waals surface area (Å²) in [5.41, 5.74) is 5.97. The lowest BCUT2D eigenvalue weighted by Gasteiger charge is -2.11. The van der Waals surface area contributed by atoms with E-state index < -0.39 is 6.10 Å². The zero-order chi connectivity index (χ0) is 10.6. The van der Waals surface area contributed by atoms with E-state index in [0.717, 1.165) is 0 Å². The molecule has 0 aliphatic carbocycles. The van der Waals surface area contributed by atoms with E-state index >= 15 is 0 Å². The molecule has 0 bridgehead atoms. The second kappa shape index (κ2) is 4.58. The van der Waals surface area contributed by atoms with Gasteiger partial charge in [0.1, 0.15) is 17.6 Å². The summed E-state index contributed by atoms with van der Waals surface area (Å²) in [4.78, 5) is 0. The van der Waals surface area contributed by atoms with Gasteiger partial charge in [-0.25, -0.2) is 4.39 Å². The third-order valence-corrected chi connectivity index (χ3v) is 1.73. The van der Waals surface area contributed by atoms with E-state index in [-0.39, 0.29) is 12.4 Å². The molecule has 0 saturated carbocycles. The van der Waals surface area contributed by atoms with Crippen LogP contribution < -0.4 is 10.5 Å². The molecular weight excluding hydrogens is 183 g/mol. The number of hydrogen-bond acceptors (Lipinski definition) is 3. The number of nitrogens with zero attached hydrogens (tertiary/aromatic N) is 1. The molecule has 1 aromatic rings. The molecule has 14 heavy (non-hydrogen) atoms. The monoisotopic (exact) mass is 194 g/mol. The zero-order valence-corrected chi connectivity index (χ0v) is 7.83. The lowest BCUT2D eigenvalue weighted by molar-refractivity contribution is 0.273. The first-order chi connectivity index (χ1) is 6.67. The molecule has 0 aromatic heterocycles. The Balaban J connectivity index is 2.92. The maximum Gasteiger partial charge on any atom is 0.181 e. The predicted molar refractivity (Wildman–Crippen MR) is 50.0 cm³/mol. The van der Waals surface area contributed by atoms with Gasteiger partial charge in [-0.05, 0) is 25.1 Å². The standard InChI is InChI=1S/C10H11FN2O/c1-7(5-12)14-10-3-2-9(11)4-8(10)6-13/h2-4,7H,6,13H2,1H3. The number of halogens is 1. The SMILES string of the molecule is CC(C#N)Oc1ccc(F)cc1CN. The van der Waals surface area contributed by atoms with Crippen molar-refractivity contribution >= 4 is 0 Å². The van der Waals surface area contributed by atoms with Gasteiger partial charge < -0.3 is 10.5 Å². The number of benzene rings is 1. The molecule has 0 aliphatic heterocycles. The minimum Gasteiger partial charge on any atom is -0.476 e. The van der Waals surface area contributed by atoms with Crippen molar-refractivity contribution in [2.75, 3.05) is 0 Å². The highest BCUT2D eigenvalue weighted by Crippen LogP contribution is 2.20. The summed E-state index contributed by atoms with van der Waals surface area (Å²) in [6.45, 7) is 1.80. The van der Waals surface area contributed by atoms with Gasteiger partial charge in [-0.2, -0.15) is 5.26 Å². The largest absolute Gasteiger partial charge is 0.476 e. The Morgan fingerprint density at radius 1 is 1.64 bits per heavy atom. The summed E-state index contributed by atoms with van der Waals surface area (Å²) in [6.07, 6.45) is -0.564. The van der Waals surface area contributed by atoms with E-state index in [4.69, 9.17) is 15.7 Å². The highest BCUT2D eigenvalue weighted by Gasteiger charge is 2.07. The number of nitrogens with two attached hydrogens (primary N) is 1. The van der Waals surface area contributed by atoms with Crippen LogP contribution in [0, 0.1) is 17.1 Å². The van der Waals surface area contributed by atoms with Gasteiger partial charge in [0, 0.05) is 12.1 Å². The van der Waals surface area contributed by atoms with E-state index in [0.29, 0.717) is 11.3 Å². The summed E-state index contributed by atoms with van der Waals surface area (Å²) in [7, 11) is 0. The average molecular weight is 194 g/mol. The summed E-state index contributed by atoms with van der Waals surface area (Å²) in [5, 5.41) is 8.53. The van der Waals surface area contributed by atoms with Crippen LogP contribution in [0.25, 0.3) is 0 Å². The topological polar surface area (TPSA) is 59.0 Å². The van der Waals surface area contributed by atoms with E-state index in [2.05, 4.69) is 0 Å². The summed E-state index contributed by atoms with van der Waals surface area (Å²) >= 11 is 0. The number of ether oxygens (including phenoxy) is 1. The van der Waals surface area contributed by atoms with Crippen molar-refractivity contribution in [3.63, 3.8) is 0 Å². The first-order valence-electron chi connectivity index (χ1n) is 4.22. The fourth-order valence-electron chi connectivity index (χ4n) is 1.04. The predicted octanol–water partition coefficient (Wildman–Crippen LogP) is 1.58. The van der Waals surface area contributed by atoms with Crippen LogP contribution >= 0.6 is 0 Å². The maximum absolute atomic E-state index is 12.8. The van der Waals surface area contributed by atoms with Crippen molar-refractivity contribution in [3.8, 4) is 11.8 Å². The lowest BCUT2D eigenvalue weighted by Crippen LogP contribution is -2.11. The highest BCUT2D eigenvalue weighted by molar-refractivity contribution is 5.34. The fourth-order valence-corrected chi connectivity index (χ4v) is 1.04. The van der Waals surface area contributed by atoms with Gasteiger partial charge in [0.25, 0.3) is 0 Å². The Bertz CT molecular complexity index is 360. The van der Waals surface area contributed by atoms with Crippen LogP contribution in [-0.4, -0.2) is 6.10 Å². The van der Waals surface area contributed by atoms with Crippen LogP contribution in [0.4, 0.5) is 4.39 Å². The molecule has 0 amide bonds. The Kier molecular flexibility index (Phi) is 3.43. The molecule has 2 N–H and O–H groups in total. The molecule has 0 radical (unpaired) electrons. The molecule has 0 heterocycles. The number of hydrogen-bond donors (Lipinski definition) is 1. The van der Waals surface area contributed by atoms with Gasteiger partial charge in [-0.1, -0.05) is 0 Å². The molecule has 0 saturated heterocycles. The average Bonchev–Trinajstić information content (AvgIpc) is 2.20. The van der Waals surface area contributed by atoms with Gasteiger partial charge in [-0.3, -0.25) is 0 Å². The molecule has 4 heteroatoms. The second-order valence-corrected chi connectivity index (χ2v) is 2.85. The van der Waals surface area contributed by atoms with Gasteiger partial charge in [0.05, 0.1) is 0 Å². The van der Waals surface area contributed by atoms with Crippen LogP contribution in [-0.2, 0) is 6.54 Å². The molecule has 0 spiro atoms. The summed E-state index contributed by atoms with van der Waals surface area (Å²) in [6, 6.07) is 5.98. The zero-order valence-electron chi connectivity index (χ0n) is 7.83. The molecular formula is C10H11FN2O. The third kappa shape index (κ3) is 2.44. The van der Waals surface area contributed by atoms with Crippen LogP contribution in [0.15, 0.2) is 18.2 Å². The quantitative estimate of drug-likeness (QED) is 0.794. The summed E-state index contributed by atoms with van der Waals surface area (Å²) in [5.74, 6) is 0.102. The third-order valence-electron chi connectivity index (χ3n) is 1.73. The van der Waals surface area contributed by atoms with Gasteiger partial charge in [0.15, 0.2) is 6.10 Å². The van der Waals surface area contributed by atoms with E-state index in [1.807, 2.05) is 6.07 Å². The van der Waals surface area contributed by atoms with Crippen molar-refractivity contribution in [3.05, 3.63) is 29.6 Å². The molecule has 74 valence electrons. The Morgan fingerprint density at radius 2 is 2.36 bits per heavy atom. The number of rotatable bonds is 3. The van der Waals surface area contributed by atoms with Crippen molar-refractivity contribution in [2.45, 2.75) is 19.6 Å². The van der Waals surface area contributed by atoms with E-state index in [1.165, 1.54) is 18.2 Å². The minimum absolute atomic E-state index is 0.186. The van der Waals surface area contributed by atoms with Gasteiger partial charge in [0.2, 0.25) is 0 Å². The molecule has 3 nitrogen and oxygen atoms in total. The fraction of sp³-hybridized carbons (Fsp3) is 0.300. The van der Waals surface area contributed by atoms with Gasteiger partial charge >= 0.3 is 0 Å². The van der Waals surface area contributed by atoms with E-state index in [9.17, 15) is 4.39 Å². The van der Waals surface area contributed by atoms with Crippen molar-refractivity contribution < 1.29 is 9.13 Å². The maximum atomic E-state index is 12.8. The van der Waals surface area contributed by atoms with Crippen LogP contribution in [0.5, 0.6) is 5.75 Å². The van der Waals surface area contributed by atoms with Crippen molar-refractivity contribution in [2.24, 2.45) is 5.73 Å². The smallest absolute Gasteiger partial charge is 0.181 e. The van der Waals surface area contributed by atoms with Crippen LogP contribution in [0.2, 0.25) is 0 Å². The Hall–Kier alpha value is -1.60. The van der Waals surface area contributed by atoms with E-state index in [1.54, 1.807) is 6.92 Å². The normalized spacial score (nSPS) is 11.9. The molecule has 1 unspecified atom stereocenters. The highest BCUT2D eigenvalue weighted by atomic mass is 19.1. The van der Waals surface area contributed by atoms with Crippen LogP contribution in [0.3, 0.4) is 0 Å². The molecule has 0 aliphatic rings. The second-order valence-electron chi connectivity index (χ2n) is 2.85. The Morgan fingerprint density at radius 3 is 2.93 bits per heavy atom. The minimum atomic E-state index is -0.564. The summed E-state index contributed by atoms with van der Waals surface area (Å²) < 4.78 is 18.0. The Labute approximate surface area is 81.9 Å². The lowest BCUT2D eigenvalue weighted by atomic mass is 10.2. The van der Waals surface area contributed by atoms with Crippen LogP contribution in [0.1, 0.15) is 12.5 Å². The van der Waals surface area contributed by atoms with Gasteiger partial charge in [-0.15, -0.1) is 0 Å². The number of nitriles is 1. The first-order valence-corrected chi connectivity index (χ1v) is 4.22. The molecule has 1 aromatic carbocycles. The van der Waals surface area contributed by atoms with Crippen molar-refractivity contribution in [1.82, 2.24) is 0 Å².